The Balaban J connectivity index is 2.23. The first-order chi connectivity index (χ1) is 8.08. The summed E-state index contributed by atoms with van der Waals surface area (Å²) in [6, 6.07) is 9.15. The molecule has 0 atom stereocenters. The van der Waals surface area contributed by atoms with Crippen LogP contribution in [0.4, 0.5) is 0 Å². The van der Waals surface area contributed by atoms with Gasteiger partial charge >= 0.3 is 0 Å². The van der Waals surface area contributed by atoms with Gasteiger partial charge in [-0.2, -0.15) is 0 Å². The van der Waals surface area contributed by atoms with Gasteiger partial charge in [0, 0.05) is 11.4 Å². The lowest BCUT2D eigenvalue weighted by molar-refractivity contribution is 0.0991. The van der Waals surface area contributed by atoms with Crippen LogP contribution >= 0.6 is 11.6 Å². The van der Waals surface area contributed by atoms with E-state index in [1.807, 2.05) is 25.1 Å². The maximum atomic E-state index is 12.1. The fourth-order valence-electron chi connectivity index (χ4n) is 1.82. The maximum Gasteiger partial charge on any atom is 0.170 e. The predicted octanol–water partition coefficient (Wildman–Crippen LogP) is 3.98. The van der Waals surface area contributed by atoms with Crippen LogP contribution in [-0.2, 0) is 6.42 Å². The third-order valence-electron chi connectivity index (χ3n) is 2.65. The van der Waals surface area contributed by atoms with Gasteiger partial charge in [-0.05, 0) is 31.5 Å². The molecule has 1 heterocycles. The van der Waals surface area contributed by atoms with E-state index in [0.717, 1.165) is 11.3 Å². The van der Waals surface area contributed by atoms with E-state index in [-0.39, 0.29) is 5.78 Å². The average molecular weight is 249 g/mol. The van der Waals surface area contributed by atoms with Crippen molar-refractivity contribution in [3.05, 3.63) is 58.0 Å². The number of aryl methyl sites for hydroxylation is 2. The van der Waals surface area contributed by atoms with Gasteiger partial charge < -0.3 is 4.42 Å². The van der Waals surface area contributed by atoms with Crippen molar-refractivity contribution >= 4 is 17.4 Å². The molecular formula is C14H13ClO2. The van der Waals surface area contributed by atoms with E-state index in [2.05, 4.69) is 0 Å². The number of benzene rings is 1. The molecule has 2 nitrogen and oxygen atoms in total. The monoisotopic (exact) mass is 248 g/mol. The molecule has 0 aliphatic heterocycles. The standard InChI is InChI=1S/C14H13ClO2/c1-9-7-12(10(2)17-9)14(16)8-11-5-3-4-6-13(11)15/h3-7H,8H2,1-2H3. The number of hydrogen-bond acceptors (Lipinski definition) is 2. The van der Waals surface area contributed by atoms with E-state index in [4.69, 9.17) is 16.0 Å². The molecule has 0 saturated heterocycles. The fraction of sp³-hybridized carbons (Fsp3) is 0.214. The molecule has 0 N–H and O–H groups in total. The molecule has 0 aliphatic carbocycles. The van der Waals surface area contributed by atoms with Crippen molar-refractivity contribution in [2.45, 2.75) is 20.3 Å². The summed E-state index contributed by atoms with van der Waals surface area (Å²) in [6.07, 6.45) is 0.305. The molecule has 0 aliphatic rings. The average Bonchev–Trinajstić information content (AvgIpc) is 2.61. The Morgan fingerprint density at radius 3 is 2.59 bits per heavy atom. The highest BCUT2D eigenvalue weighted by atomic mass is 35.5. The Hall–Kier alpha value is -1.54. The first-order valence-corrected chi connectivity index (χ1v) is 5.79. The van der Waals surface area contributed by atoms with Crippen molar-refractivity contribution in [1.82, 2.24) is 0 Å². The largest absolute Gasteiger partial charge is 0.466 e. The van der Waals surface area contributed by atoms with Gasteiger partial charge in [0.05, 0.1) is 5.56 Å². The summed E-state index contributed by atoms with van der Waals surface area (Å²) in [5.41, 5.74) is 1.49. The Labute approximate surface area is 105 Å². The fourth-order valence-corrected chi connectivity index (χ4v) is 2.02. The van der Waals surface area contributed by atoms with E-state index in [9.17, 15) is 4.79 Å². The number of furan rings is 1. The van der Waals surface area contributed by atoms with Gasteiger partial charge in [-0.3, -0.25) is 4.79 Å². The molecule has 3 heteroatoms. The lowest BCUT2D eigenvalue weighted by atomic mass is 10.0. The molecule has 88 valence electrons. The number of hydrogen-bond donors (Lipinski definition) is 0. The van der Waals surface area contributed by atoms with Gasteiger partial charge in [-0.25, -0.2) is 0 Å². The third-order valence-corrected chi connectivity index (χ3v) is 3.02. The van der Waals surface area contributed by atoms with Crippen molar-refractivity contribution in [2.75, 3.05) is 0 Å². The number of halogens is 1. The second-order valence-corrected chi connectivity index (χ2v) is 4.43. The summed E-state index contributed by atoms with van der Waals surface area (Å²) in [6.45, 7) is 3.63. The van der Waals surface area contributed by atoms with E-state index < -0.39 is 0 Å². The van der Waals surface area contributed by atoms with E-state index in [1.54, 1.807) is 19.1 Å². The van der Waals surface area contributed by atoms with Crippen LogP contribution in [0, 0.1) is 13.8 Å². The minimum absolute atomic E-state index is 0.0347. The Morgan fingerprint density at radius 1 is 1.29 bits per heavy atom. The minimum atomic E-state index is 0.0347. The van der Waals surface area contributed by atoms with Gasteiger partial charge in [0.25, 0.3) is 0 Å². The molecular weight excluding hydrogens is 236 g/mol. The summed E-state index contributed by atoms with van der Waals surface area (Å²) in [5.74, 6) is 1.46. The van der Waals surface area contributed by atoms with Crippen molar-refractivity contribution in [1.29, 1.82) is 0 Å². The molecule has 0 radical (unpaired) electrons. The maximum absolute atomic E-state index is 12.1. The van der Waals surface area contributed by atoms with Crippen molar-refractivity contribution in [2.24, 2.45) is 0 Å². The summed E-state index contributed by atoms with van der Waals surface area (Å²) >= 11 is 6.03. The highest BCUT2D eigenvalue weighted by molar-refractivity contribution is 6.31. The molecule has 1 aromatic heterocycles. The molecule has 0 amide bonds. The lowest BCUT2D eigenvalue weighted by Crippen LogP contribution is -2.04. The topological polar surface area (TPSA) is 30.2 Å². The van der Waals surface area contributed by atoms with Crippen molar-refractivity contribution in [3.8, 4) is 0 Å². The normalized spacial score (nSPS) is 10.5. The van der Waals surface area contributed by atoms with Crippen LogP contribution in [-0.4, -0.2) is 5.78 Å². The summed E-state index contributed by atoms with van der Waals surface area (Å²) in [4.78, 5) is 12.1. The summed E-state index contributed by atoms with van der Waals surface area (Å²) in [5, 5.41) is 0.624. The molecule has 0 saturated carbocycles. The zero-order valence-corrected chi connectivity index (χ0v) is 10.5. The van der Waals surface area contributed by atoms with Gasteiger partial charge in [-0.1, -0.05) is 29.8 Å². The van der Waals surface area contributed by atoms with Crippen LogP contribution in [0.2, 0.25) is 5.02 Å². The smallest absolute Gasteiger partial charge is 0.170 e. The van der Waals surface area contributed by atoms with E-state index in [1.165, 1.54) is 0 Å². The van der Waals surface area contributed by atoms with Crippen molar-refractivity contribution in [3.63, 3.8) is 0 Å². The van der Waals surface area contributed by atoms with Gasteiger partial charge in [-0.15, -0.1) is 0 Å². The molecule has 2 rings (SSSR count). The first-order valence-electron chi connectivity index (χ1n) is 5.41. The molecule has 0 bridgehead atoms. The number of ketones is 1. The Bertz CT molecular complexity index is 555. The zero-order valence-electron chi connectivity index (χ0n) is 9.79. The van der Waals surface area contributed by atoms with Crippen LogP contribution < -0.4 is 0 Å². The first kappa shape index (κ1) is 11.9. The van der Waals surface area contributed by atoms with Gasteiger partial charge in [0.1, 0.15) is 11.5 Å². The van der Waals surface area contributed by atoms with Gasteiger partial charge in [0.2, 0.25) is 0 Å². The quantitative estimate of drug-likeness (QED) is 0.770. The number of Topliss-reactive ketones (excluding diaryl/α,β-unsaturated/α-hetero) is 1. The summed E-state index contributed by atoms with van der Waals surface area (Å²) in [7, 11) is 0. The molecule has 17 heavy (non-hydrogen) atoms. The SMILES string of the molecule is Cc1cc(C(=O)Cc2ccccc2Cl)c(C)o1. The third kappa shape index (κ3) is 2.59. The van der Waals surface area contributed by atoms with Crippen LogP contribution in [0.3, 0.4) is 0 Å². The summed E-state index contributed by atoms with van der Waals surface area (Å²) < 4.78 is 5.35. The highest BCUT2D eigenvalue weighted by Gasteiger charge is 2.14. The Kier molecular flexibility index (Phi) is 3.34. The van der Waals surface area contributed by atoms with Crippen LogP contribution in [0.5, 0.6) is 0 Å². The Morgan fingerprint density at radius 2 is 2.00 bits per heavy atom. The number of carbonyl (C=O) groups excluding carboxylic acids is 1. The van der Waals surface area contributed by atoms with Crippen LogP contribution in [0.15, 0.2) is 34.7 Å². The van der Waals surface area contributed by atoms with Crippen molar-refractivity contribution < 1.29 is 9.21 Å². The molecule has 0 unspecified atom stereocenters. The van der Waals surface area contributed by atoms with Crippen LogP contribution in [0.1, 0.15) is 27.4 Å². The van der Waals surface area contributed by atoms with E-state index in [0.29, 0.717) is 22.8 Å². The zero-order chi connectivity index (χ0) is 12.4. The highest BCUT2D eigenvalue weighted by Crippen LogP contribution is 2.20. The minimum Gasteiger partial charge on any atom is -0.466 e. The number of rotatable bonds is 3. The predicted molar refractivity (Wildman–Crippen MR) is 67.7 cm³/mol. The second-order valence-electron chi connectivity index (χ2n) is 4.02. The van der Waals surface area contributed by atoms with Crippen LogP contribution in [0.25, 0.3) is 0 Å². The number of carbonyl (C=O) groups is 1. The molecule has 2 aromatic rings. The van der Waals surface area contributed by atoms with Gasteiger partial charge in [0.15, 0.2) is 5.78 Å². The molecule has 1 aromatic carbocycles. The second kappa shape index (κ2) is 4.76. The molecule has 0 fully saturated rings. The van der Waals surface area contributed by atoms with E-state index >= 15 is 0 Å². The lowest BCUT2D eigenvalue weighted by Gasteiger charge is -2.02. The molecule has 0 spiro atoms.